The Morgan fingerprint density at radius 3 is 2.56 bits per heavy atom. The molecule has 1 aliphatic heterocycles. The van der Waals surface area contributed by atoms with E-state index in [0.717, 1.165) is 5.56 Å². The van der Waals surface area contributed by atoms with Gasteiger partial charge in [0.2, 0.25) is 0 Å². The monoisotopic (exact) mass is 369 g/mol. The van der Waals surface area contributed by atoms with E-state index in [1.54, 1.807) is 24.3 Å². The van der Waals surface area contributed by atoms with Crippen molar-refractivity contribution in [1.29, 1.82) is 0 Å². The average molecular weight is 369 g/mol. The molecule has 27 heavy (non-hydrogen) atoms. The first-order valence-corrected chi connectivity index (χ1v) is 8.80. The molecule has 6 heteroatoms. The van der Waals surface area contributed by atoms with E-state index in [1.807, 2.05) is 32.0 Å². The first kappa shape index (κ1) is 18.8. The van der Waals surface area contributed by atoms with E-state index in [9.17, 15) is 9.59 Å². The minimum absolute atomic E-state index is 0.0513. The minimum atomic E-state index is -0.614. The van der Waals surface area contributed by atoms with E-state index in [-0.39, 0.29) is 18.3 Å². The number of benzene rings is 2. The zero-order valence-electron chi connectivity index (χ0n) is 15.7. The Morgan fingerprint density at radius 2 is 1.81 bits per heavy atom. The van der Waals surface area contributed by atoms with Gasteiger partial charge in [0, 0.05) is 5.56 Å². The topological polar surface area (TPSA) is 73.9 Å². The average Bonchev–Trinajstić information content (AvgIpc) is 2.66. The third-order valence-corrected chi connectivity index (χ3v) is 4.33. The third-order valence-electron chi connectivity index (χ3n) is 4.33. The highest BCUT2D eigenvalue weighted by Gasteiger charge is 2.25. The van der Waals surface area contributed by atoms with Gasteiger partial charge in [-0.1, -0.05) is 18.2 Å². The summed E-state index contributed by atoms with van der Waals surface area (Å²) in [5.74, 6) is 1.56. The van der Waals surface area contributed by atoms with Gasteiger partial charge in [0.05, 0.1) is 5.54 Å². The molecule has 1 amide bonds. The molecule has 1 heterocycles. The number of hydrogen-bond donors (Lipinski definition) is 1. The second-order valence-electron chi connectivity index (χ2n) is 6.90. The maximum Gasteiger partial charge on any atom is 0.258 e. The SMILES string of the molecule is CC(=O)c1cccc(OCC(=O)NC(C)(C)c2ccc3c(c2)OCCO3)c1. The number of amides is 1. The minimum Gasteiger partial charge on any atom is -0.486 e. The summed E-state index contributed by atoms with van der Waals surface area (Å²) in [4.78, 5) is 23.8. The Morgan fingerprint density at radius 1 is 1.07 bits per heavy atom. The van der Waals surface area contributed by atoms with Crippen LogP contribution in [-0.4, -0.2) is 31.5 Å². The molecule has 0 unspecified atom stereocenters. The van der Waals surface area contributed by atoms with Crippen LogP contribution in [0.2, 0.25) is 0 Å². The highest BCUT2D eigenvalue weighted by molar-refractivity contribution is 5.94. The lowest BCUT2D eigenvalue weighted by Gasteiger charge is -2.28. The van der Waals surface area contributed by atoms with Gasteiger partial charge in [-0.25, -0.2) is 0 Å². The van der Waals surface area contributed by atoms with E-state index >= 15 is 0 Å². The van der Waals surface area contributed by atoms with Gasteiger partial charge in [-0.15, -0.1) is 0 Å². The predicted molar refractivity (Wildman–Crippen MR) is 101 cm³/mol. The van der Waals surface area contributed by atoms with Crippen LogP contribution in [0.15, 0.2) is 42.5 Å². The van der Waals surface area contributed by atoms with Gasteiger partial charge >= 0.3 is 0 Å². The Kier molecular flexibility index (Phi) is 5.35. The summed E-state index contributed by atoms with van der Waals surface area (Å²) >= 11 is 0. The molecule has 1 aliphatic rings. The second kappa shape index (κ2) is 7.70. The summed E-state index contributed by atoms with van der Waals surface area (Å²) in [6, 6.07) is 12.4. The van der Waals surface area contributed by atoms with Crippen molar-refractivity contribution < 1.29 is 23.8 Å². The van der Waals surface area contributed by atoms with Gasteiger partial charge in [0.1, 0.15) is 19.0 Å². The maximum absolute atomic E-state index is 12.4. The number of ketones is 1. The van der Waals surface area contributed by atoms with E-state index < -0.39 is 5.54 Å². The Balaban J connectivity index is 1.62. The summed E-state index contributed by atoms with van der Waals surface area (Å²) in [5, 5.41) is 2.96. The summed E-state index contributed by atoms with van der Waals surface area (Å²) in [6.45, 7) is 6.21. The molecule has 0 aliphatic carbocycles. The van der Waals surface area contributed by atoms with E-state index in [0.29, 0.717) is 36.0 Å². The first-order chi connectivity index (χ1) is 12.8. The van der Waals surface area contributed by atoms with Crippen molar-refractivity contribution in [2.45, 2.75) is 26.3 Å². The van der Waals surface area contributed by atoms with Gasteiger partial charge in [-0.3, -0.25) is 9.59 Å². The van der Waals surface area contributed by atoms with Crippen LogP contribution in [0, 0.1) is 0 Å². The number of nitrogens with one attached hydrogen (secondary N) is 1. The molecule has 0 bridgehead atoms. The molecular weight excluding hydrogens is 346 g/mol. The maximum atomic E-state index is 12.4. The number of fused-ring (bicyclic) bond motifs is 1. The van der Waals surface area contributed by atoms with Crippen molar-refractivity contribution in [3.05, 3.63) is 53.6 Å². The Bertz CT molecular complexity index is 859. The summed E-state index contributed by atoms with van der Waals surface area (Å²) in [6.07, 6.45) is 0. The van der Waals surface area contributed by atoms with Gasteiger partial charge in [-0.2, -0.15) is 0 Å². The molecule has 1 N–H and O–H groups in total. The number of rotatable bonds is 6. The number of ether oxygens (including phenoxy) is 3. The van der Waals surface area contributed by atoms with Crippen LogP contribution in [0.1, 0.15) is 36.7 Å². The highest BCUT2D eigenvalue weighted by atomic mass is 16.6. The molecule has 6 nitrogen and oxygen atoms in total. The van der Waals surface area contributed by atoms with Gasteiger partial charge < -0.3 is 19.5 Å². The third kappa shape index (κ3) is 4.58. The molecule has 2 aromatic carbocycles. The first-order valence-electron chi connectivity index (χ1n) is 8.80. The molecule has 3 rings (SSSR count). The number of carbonyl (C=O) groups excluding carboxylic acids is 2. The van der Waals surface area contributed by atoms with E-state index in [2.05, 4.69) is 5.32 Å². The molecule has 0 fully saturated rings. The Labute approximate surface area is 158 Å². The number of hydrogen-bond acceptors (Lipinski definition) is 5. The molecule has 0 spiro atoms. The van der Waals surface area contributed by atoms with Crippen molar-refractivity contribution in [3.8, 4) is 17.2 Å². The van der Waals surface area contributed by atoms with Gasteiger partial charge in [0.15, 0.2) is 23.9 Å². The Hall–Kier alpha value is -3.02. The molecule has 142 valence electrons. The van der Waals surface area contributed by atoms with Crippen LogP contribution in [0.3, 0.4) is 0 Å². The van der Waals surface area contributed by atoms with Crippen LogP contribution in [0.5, 0.6) is 17.2 Å². The van der Waals surface area contributed by atoms with Crippen LogP contribution in [-0.2, 0) is 10.3 Å². The van der Waals surface area contributed by atoms with Crippen molar-refractivity contribution in [1.82, 2.24) is 5.32 Å². The number of Topliss-reactive ketones (excluding diaryl/α,β-unsaturated/α-hetero) is 1. The largest absolute Gasteiger partial charge is 0.486 e. The van der Waals surface area contributed by atoms with Gasteiger partial charge in [0.25, 0.3) is 5.91 Å². The zero-order chi connectivity index (χ0) is 19.4. The highest BCUT2D eigenvalue weighted by Crippen LogP contribution is 2.34. The van der Waals surface area contributed by atoms with Crippen molar-refractivity contribution in [3.63, 3.8) is 0 Å². The predicted octanol–water partition coefficient (Wildman–Crippen LogP) is 3.09. The van der Waals surface area contributed by atoms with Crippen LogP contribution >= 0.6 is 0 Å². The van der Waals surface area contributed by atoms with E-state index in [4.69, 9.17) is 14.2 Å². The van der Waals surface area contributed by atoms with Crippen molar-refractivity contribution in [2.75, 3.05) is 19.8 Å². The van der Waals surface area contributed by atoms with Crippen LogP contribution < -0.4 is 19.5 Å². The normalized spacial score (nSPS) is 13.0. The smallest absolute Gasteiger partial charge is 0.258 e. The molecule has 0 atom stereocenters. The van der Waals surface area contributed by atoms with Crippen LogP contribution in [0.4, 0.5) is 0 Å². The van der Waals surface area contributed by atoms with Gasteiger partial charge in [-0.05, 0) is 50.6 Å². The van der Waals surface area contributed by atoms with Crippen molar-refractivity contribution in [2.24, 2.45) is 0 Å². The zero-order valence-corrected chi connectivity index (χ0v) is 15.7. The summed E-state index contributed by atoms with van der Waals surface area (Å²) in [7, 11) is 0. The fraction of sp³-hybridized carbons (Fsp3) is 0.333. The fourth-order valence-electron chi connectivity index (χ4n) is 2.84. The molecule has 0 saturated heterocycles. The summed E-state index contributed by atoms with van der Waals surface area (Å²) < 4.78 is 16.7. The molecular formula is C21H23NO5. The lowest BCUT2D eigenvalue weighted by Crippen LogP contribution is -2.43. The van der Waals surface area contributed by atoms with Crippen molar-refractivity contribution >= 4 is 11.7 Å². The van der Waals surface area contributed by atoms with E-state index in [1.165, 1.54) is 6.92 Å². The quantitative estimate of drug-likeness (QED) is 0.792. The second-order valence-corrected chi connectivity index (χ2v) is 6.90. The molecule has 0 radical (unpaired) electrons. The lowest BCUT2D eigenvalue weighted by molar-refractivity contribution is -0.124. The van der Waals surface area contributed by atoms with Crippen LogP contribution in [0.25, 0.3) is 0 Å². The summed E-state index contributed by atoms with van der Waals surface area (Å²) in [5.41, 5.74) is 0.834. The fourth-order valence-corrected chi connectivity index (χ4v) is 2.84. The standard InChI is InChI=1S/C21H23NO5/c1-14(23)15-5-4-6-17(11-15)27-13-20(24)22-21(2,3)16-7-8-18-19(12-16)26-10-9-25-18/h4-8,11-12H,9-10,13H2,1-3H3,(H,22,24). The lowest BCUT2D eigenvalue weighted by atomic mass is 9.93. The molecule has 2 aromatic rings. The molecule has 0 aromatic heterocycles. The molecule has 0 saturated carbocycles. The number of carbonyl (C=O) groups is 2.